The van der Waals surface area contributed by atoms with E-state index in [0.29, 0.717) is 44.5 Å². The number of aliphatic imine (C=N–C) groups is 1. The predicted octanol–water partition coefficient (Wildman–Crippen LogP) is 3.92. The minimum Gasteiger partial charge on any atom is -0.508 e. The van der Waals surface area contributed by atoms with Crippen molar-refractivity contribution in [3.05, 3.63) is 93.0 Å². The molecule has 5 rings (SSSR count). The van der Waals surface area contributed by atoms with E-state index < -0.39 is 59.7 Å². The molecule has 58 heavy (non-hydrogen) atoms. The monoisotopic (exact) mass is 804 g/mol. The fourth-order valence-electron chi connectivity index (χ4n) is 8.17. The summed E-state index contributed by atoms with van der Waals surface area (Å²) in [5, 5.41) is 25.1. The van der Waals surface area contributed by atoms with Gasteiger partial charge in [-0.2, -0.15) is 0 Å². The number of hydrogen-bond donors (Lipinski definition) is 5. The maximum Gasteiger partial charge on any atom is 0.379 e. The number of benzene rings is 3. The number of rotatable bonds is 14. The predicted molar refractivity (Wildman–Crippen MR) is 215 cm³/mol. The second-order valence-corrected chi connectivity index (χ2v) is 15.5. The van der Waals surface area contributed by atoms with Gasteiger partial charge in [-0.1, -0.05) is 45.9 Å². The largest absolute Gasteiger partial charge is 0.508 e. The Bertz CT molecular complexity index is 2070. The van der Waals surface area contributed by atoms with Crippen LogP contribution in [0.4, 0.5) is 0 Å². The number of aliphatic hydroxyl groups excluding tert-OH is 1. The third-order valence-electron chi connectivity index (χ3n) is 10.9. The van der Waals surface area contributed by atoms with Gasteiger partial charge in [0.05, 0.1) is 37.8 Å². The van der Waals surface area contributed by atoms with Gasteiger partial charge >= 0.3 is 17.7 Å². The molecule has 0 saturated carbocycles. The Morgan fingerprint density at radius 2 is 1.59 bits per heavy atom. The van der Waals surface area contributed by atoms with Gasteiger partial charge in [0.2, 0.25) is 5.91 Å². The minimum absolute atomic E-state index is 0.0489. The third-order valence-corrected chi connectivity index (χ3v) is 10.9. The van der Waals surface area contributed by atoms with Crippen LogP contribution < -0.4 is 21.5 Å². The molecule has 2 aliphatic rings. The number of phenolic OH excluding ortho intramolecular Hbond substituents is 1. The normalized spacial score (nSPS) is 23.8. The number of carbonyl (C=O) groups excluding carboxylic acids is 3. The first-order valence-electron chi connectivity index (χ1n) is 19.2. The highest BCUT2D eigenvalue weighted by Crippen LogP contribution is 2.52. The lowest BCUT2D eigenvalue weighted by atomic mass is 9.74. The first-order chi connectivity index (χ1) is 27.3. The summed E-state index contributed by atoms with van der Waals surface area (Å²) in [6.45, 7) is 12.6. The van der Waals surface area contributed by atoms with Crippen LogP contribution >= 0.6 is 0 Å². The van der Waals surface area contributed by atoms with Gasteiger partial charge in [0.15, 0.2) is 11.6 Å². The van der Waals surface area contributed by atoms with Crippen molar-refractivity contribution in [1.82, 2.24) is 5.32 Å². The smallest absolute Gasteiger partial charge is 0.379 e. The molecule has 1 saturated heterocycles. The zero-order valence-corrected chi connectivity index (χ0v) is 34.7. The van der Waals surface area contributed by atoms with Gasteiger partial charge in [-0.3, -0.25) is 9.79 Å². The zero-order valence-electron chi connectivity index (χ0n) is 34.7. The van der Waals surface area contributed by atoms with Crippen LogP contribution in [0.15, 0.2) is 53.5 Å². The molecule has 15 heteroatoms. The lowest BCUT2D eigenvalue weighted by Crippen LogP contribution is -2.69. The highest BCUT2D eigenvalue weighted by atomic mass is 16.7. The van der Waals surface area contributed by atoms with Crippen molar-refractivity contribution < 1.29 is 53.0 Å². The molecule has 7 N–H and O–H groups in total. The Balaban J connectivity index is 1.74. The molecule has 1 fully saturated rings. The number of hydrogen-bond acceptors (Lipinski definition) is 12. The number of aliphatic hydroxyl groups is 1. The van der Waals surface area contributed by atoms with Gasteiger partial charge in [0, 0.05) is 37.8 Å². The molecule has 7 atom stereocenters. The Labute approximate surface area is 339 Å². The number of fused-ring (bicyclic) bond motifs is 1. The van der Waals surface area contributed by atoms with Gasteiger partial charge in [-0.15, -0.1) is 0 Å². The second kappa shape index (κ2) is 17.3. The fourth-order valence-corrected chi connectivity index (χ4v) is 8.17. The molecular formula is C43H56N4O11. The van der Waals surface area contributed by atoms with Crippen LogP contribution in [0.5, 0.6) is 11.5 Å². The quantitative estimate of drug-likeness (QED) is 0.0887. The highest BCUT2D eigenvalue weighted by Gasteiger charge is 2.59. The van der Waals surface area contributed by atoms with Gasteiger partial charge in [-0.05, 0) is 78.3 Å². The van der Waals surface area contributed by atoms with Gasteiger partial charge in [0.25, 0.3) is 0 Å². The number of carbonyl (C=O) groups is 3. The number of nitrogens with zero attached hydrogens (tertiary/aromatic N) is 1. The van der Waals surface area contributed by atoms with E-state index in [9.17, 15) is 24.6 Å². The van der Waals surface area contributed by atoms with Crippen LogP contribution in [0.3, 0.4) is 0 Å². The summed E-state index contributed by atoms with van der Waals surface area (Å²) >= 11 is 0. The van der Waals surface area contributed by atoms with Crippen molar-refractivity contribution in [3.8, 4) is 11.5 Å². The number of ether oxygens (including phenoxy) is 6. The first kappa shape index (κ1) is 43.9. The average molecular weight is 805 g/mol. The lowest BCUT2D eigenvalue weighted by Gasteiger charge is -2.48. The Kier molecular flexibility index (Phi) is 13.1. The summed E-state index contributed by atoms with van der Waals surface area (Å²) in [6.07, 6.45) is -5.05. The number of amides is 1. The van der Waals surface area contributed by atoms with Crippen molar-refractivity contribution >= 4 is 23.8 Å². The number of nitrogens with two attached hydrogens (primary N) is 2. The molecular weight excluding hydrogens is 748 g/mol. The van der Waals surface area contributed by atoms with Crippen LogP contribution in [-0.2, 0) is 38.9 Å². The van der Waals surface area contributed by atoms with Crippen molar-refractivity contribution in [1.29, 1.82) is 0 Å². The van der Waals surface area contributed by atoms with E-state index in [1.807, 2.05) is 65.8 Å². The van der Waals surface area contributed by atoms with Crippen LogP contribution in [0.2, 0.25) is 0 Å². The van der Waals surface area contributed by atoms with Gasteiger partial charge < -0.3 is 55.4 Å². The average Bonchev–Trinajstić information content (AvgIpc) is 3.46. The van der Waals surface area contributed by atoms with Crippen molar-refractivity contribution in [2.24, 2.45) is 16.5 Å². The number of guanidine groups is 1. The van der Waals surface area contributed by atoms with Crippen LogP contribution in [0.25, 0.3) is 0 Å². The van der Waals surface area contributed by atoms with Crippen molar-refractivity contribution in [2.75, 3.05) is 27.9 Å². The summed E-state index contributed by atoms with van der Waals surface area (Å²) in [6, 6.07) is 13.5. The number of esters is 2. The Hall–Kier alpha value is -5.22. The molecule has 3 aromatic carbocycles. The maximum atomic E-state index is 14.1. The third kappa shape index (κ3) is 8.08. The molecule has 2 aliphatic heterocycles. The molecule has 2 unspecified atom stereocenters. The highest BCUT2D eigenvalue weighted by molar-refractivity contribution is 5.96. The van der Waals surface area contributed by atoms with E-state index in [-0.39, 0.29) is 42.3 Å². The number of cyclic esters (lactones) is 1. The van der Waals surface area contributed by atoms with Crippen LogP contribution in [-0.4, -0.2) is 98.1 Å². The Morgan fingerprint density at radius 3 is 2.16 bits per heavy atom. The first-order valence-corrected chi connectivity index (χ1v) is 19.2. The van der Waals surface area contributed by atoms with E-state index in [2.05, 4.69) is 10.3 Å². The lowest BCUT2D eigenvalue weighted by molar-refractivity contribution is -0.288. The number of nitrogens with one attached hydrogen (secondary N) is 1. The minimum atomic E-state index is -2.21. The summed E-state index contributed by atoms with van der Waals surface area (Å²) in [4.78, 5) is 44.3. The van der Waals surface area contributed by atoms with E-state index in [0.717, 1.165) is 0 Å². The maximum absolute atomic E-state index is 14.1. The number of aromatic hydroxyl groups is 1. The van der Waals surface area contributed by atoms with Crippen molar-refractivity contribution in [2.45, 2.75) is 109 Å². The molecule has 1 amide bonds. The summed E-state index contributed by atoms with van der Waals surface area (Å²) in [5.74, 6) is -4.21. The molecule has 2 heterocycles. The van der Waals surface area contributed by atoms with Crippen molar-refractivity contribution in [3.63, 3.8) is 0 Å². The zero-order chi connectivity index (χ0) is 42.9. The molecule has 0 aromatic heterocycles. The van der Waals surface area contributed by atoms with Gasteiger partial charge in [-0.25, -0.2) is 9.59 Å². The number of aryl methyl sites for hydroxylation is 2. The molecule has 0 spiro atoms. The number of phenols is 1. The molecule has 3 aromatic rings. The summed E-state index contributed by atoms with van der Waals surface area (Å²) < 4.78 is 36.8. The SMILES string of the molecule is COC(=O)[C@@]1(Oc2cc(C)c(C3(c4cc(C(C)C)c(O)cc4C)OC(=O)c4ccccc43)cc2C(C)C)C[C@H](OC)[C@@H](NC(C)=O)C([C@@H](OC)[C@@H](O)CN=C(N)N)O1. The second-order valence-electron chi connectivity index (χ2n) is 15.5. The molecule has 0 bridgehead atoms. The van der Waals surface area contributed by atoms with Crippen LogP contribution in [0.1, 0.15) is 102 Å². The van der Waals surface area contributed by atoms with Gasteiger partial charge in [0.1, 0.15) is 29.8 Å². The topological polar surface area (TPSA) is 223 Å². The van der Waals surface area contributed by atoms with E-state index in [1.54, 1.807) is 24.3 Å². The number of methoxy groups -OCH3 is 3. The van der Waals surface area contributed by atoms with Crippen LogP contribution in [0, 0.1) is 13.8 Å². The molecule has 15 nitrogen and oxygen atoms in total. The Morgan fingerprint density at radius 1 is 0.966 bits per heavy atom. The fraction of sp³-hybridized carbons (Fsp3) is 0.488. The van der Waals surface area contributed by atoms with E-state index >= 15 is 0 Å². The molecule has 314 valence electrons. The summed E-state index contributed by atoms with van der Waals surface area (Å²) in [5.41, 5.74) is 14.7. The summed E-state index contributed by atoms with van der Waals surface area (Å²) in [7, 11) is 3.93. The van der Waals surface area contributed by atoms with E-state index in [1.165, 1.54) is 28.3 Å². The standard InChI is InChI=1S/C43H56N4O11/c1-21(2)27-17-30(23(5)15-32(27)49)43(29-14-12-11-13-26(29)39(51)58-43)31-18-28(22(3)4)34(16-24(31)6)56-42(40(52)55-10)19-35(53-8)36(47-25(7)48)38(57-42)37(54-9)33(50)20-46-41(44)45/h11-18,21-22,33,35-38,49-50H,19-20H2,1-10H3,(H,47,48)(H4,44,45,46)/t33-,35-,36+,37-,38?,42+,43?/m0/s1. The molecule has 0 aliphatic carbocycles. The molecule has 0 radical (unpaired) electrons. The van der Waals surface area contributed by atoms with E-state index in [4.69, 9.17) is 39.9 Å².